The van der Waals surface area contributed by atoms with Gasteiger partial charge in [0.25, 0.3) is 5.91 Å². The van der Waals surface area contributed by atoms with Gasteiger partial charge in [0, 0.05) is 31.5 Å². The fourth-order valence-electron chi connectivity index (χ4n) is 3.55. The first-order valence-corrected chi connectivity index (χ1v) is 9.03. The number of aliphatic hydroxyl groups is 1. The van der Waals surface area contributed by atoms with Crippen LogP contribution in [0.5, 0.6) is 0 Å². The molecule has 1 fully saturated rings. The van der Waals surface area contributed by atoms with Gasteiger partial charge < -0.3 is 10.0 Å². The van der Waals surface area contributed by atoms with Crippen LogP contribution in [0.3, 0.4) is 0 Å². The van der Waals surface area contributed by atoms with Gasteiger partial charge in [0.2, 0.25) is 0 Å². The van der Waals surface area contributed by atoms with Gasteiger partial charge in [-0.25, -0.2) is 9.50 Å². The number of fused-ring (bicyclic) bond motifs is 2. The third-order valence-electron chi connectivity index (χ3n) is 5.15. The van der Waals surface area contributed by atoms with E-state index in [9.17, 15) is 9.90 Å². The molecular weight excluding hydrogens is 332 g/mol. The van der Waals surface area contributed by atoms with E-state index in [4.69, 9.17) is 0 Å². The maximum absolute atomic E-state index is 12.9. The highest BCUT2D eigenvalue weighted by Crippen LogP contribution is 2.40. The molecule has 0 radical (unpaired) electrons. The molecule has 4 heterocycles. The van der Waals surface area contributed by atoms with Crippen LogP contribution in [-0.4, -0.2) is 46.8 Å². The second kappa shape index (κ2) is 5.91. The molecule has 134 valence electrons. The molecular formula is C18H20N6O2. The Labute approximate surface area is 150 Å². The summed E-state index contributed by atoms with van der Waals surface area (Å²) in [6.45, 7) is 1.89. The lowest BCUT2D eigenvalue weighted by molar-refractivity contribution is 0.0739. The van der Waals surface area contributed by atoms with Crippen LogP contribution in [0, 0.1) is 5.92 Å². The first-order chi connectivity index (χ1) is 12.7. The molecule has 8 heteroatoms. The summed E-state index contributed by atoms with van der Waals surface area (Å²) < 4.78 is 3.54. The predicted octanol–water partition coefficient (Wildman–Crippen LogP) is 1.42. The Kier molecular flexibility index (Phi) is 3.53. The van der Waals surface area contributed by atoms with Gasteiger partial charge in [0.15, 0.2) is 11.3 Å². The molecule has 26 heavy (non-hydrogen) atoms. The Morgan fingerprint density at radius 3 is 2.92 bits per heavy atom. The highest BCUT2D eigenvalue weighted by Gasteiger charge is 2.33. The summed E-state index contributed by atoms with van der Waals surface area (Å²) in [5, 5.41) is 19.2. The number of hydrogen-bond acceptors (Lipinski definition) is 5. The van der Waals surface area contributed by atoms with Crippen LogP contribution in [0.15, 0.2) is 30.6 Å². The van der Waals surface area contributed by atoms with E-state index < -0.39 is 6.10 Å². The van der Waals surface area contributed by atoms with Gasteiger partial charge in [-0.2, -0.15) is 10.2 Å². The molecule has 1 N–H and O–H groups in total. The fourth-order valence-corrected chi connectivity index (χ4v) is 3.55. The topological polar surface area (TPSA) is 88.6 Å². The zero-order chi connectivity index (χ0) is 17.7. The molecule has 1 amide bonds. The Morgan fingerprint density at radius 2 is 2.12 bits per heavy atom. The van der Waals surface area contributed by atoms with Gasteiger partial charge in [-0.3, -0.25) is 9.48 Å². The monoisotopic (exact) mass is 352 g/mol. The van der Waals surface area contributed by atoms with Crippen LogP contribution < -0.4 is 0 Å². The molecule has 0 unspecified atom stereocenters. The normalized spacial score (nSPS) is 18.6. The van der Waals surface area contributed by atoms with Crippen LogP contribution in [0.2, 0.25) is 0 Å². The number of aryl methyl sites for hydroxylation is 1. The number of amides is 1. The van der Waals surface area contributed by atoms with Gasteiger partial charge in [0.05, 0.1) is 17.9 Å². The first kappa shape index (κ1) is 15.5. The van der Waals surface area contributed by atoms with Gasteiger partial charge in [-0.15, -0.1) is 0 Å². The molecule has 8 nitrogen and oxygen atoms in total. The molecule has 0 saturated heterocycles. The van der Waals surface area contributed by atoms with E-state index in [1.54, 1.807) is 33.9 Å². The quantitative estimate of drug-likeness (QED) is 0.770. The van der Waals surface area contributed by atoms with Gasteiger partial charge in [-0.1, -0.05) is 0 Å². The molecule has 2 aliphatic rings. The fraction of sp³-hybridized carbons (Fsp3) is 0.444. The number of nitrogens with zero attached hydrogens (tertiary/aromatic N) is 6. The third-order valence-corrected chi connectivity index (χ3v) is 5.15. The molecule has 0 aromatic carbocycles. The van der Waals surface area contributed by atoms with Crippen LogP contribution in [0.4, 0.5) is 0 Å². The summed E-state index contributed by atoms with van der Waals surface area (Å²) in [6.07, 6.45) is 5.93. The maximum atomic E-state index is 12.9. The third kappa shape index (κ3) is 2.66. The molecule has 1 aliphatic heterocycles. The van der Waals surface area contributed by atoms with Gasteiger partial charge >= 0.3 is 0 Å². The van der Waals surface area contributed by atoms with Crippen LogP contribution in [0.1, 0.15) is 47.2 Å². The van der Waals surface area contributed by atoms with Crippen molar-refractivity contribution in [2.45, 2.75) is 38.5 Å². The Morgan fingerprint density at radius 1 is 1.23 bits per heavy atom. The molecule has 5 rings (SSSR count). The van der Waals surface area contributed by atoms with E-state index in [0.717, 1.165) is 37.2 Å². The molecule has 0 spiro atoms. The minimum Gasteiger partial charge on any atom is -0.386 e. The maximum Gasteiger partial charge on any atom is 0.274 e. The molecule has 3 aromatic heterocycles. The van der Waals surface area contributed by atoms with Crippen molar-refractivity contribution in [3.63, 3.8) is 0 Å². The Hall–Kier alpha value is -2.74. The average Bonchev–Trinajstić information content (AvgIpc) is 3.34. The first-order valence-electron chi connectivity index (χ1n) is 9.03. The number of hydrogen-bond donors (Lipinski definition) is 1. The largest absolute Gasteiger partial charge is 0.386 e. The highest BCUT2D eigenvalue weighted by molar-refractivity contribution is 5.93. The highest BCUT2D eigenvalue weighted by atomic mass is 16.3. The zero-order valence-electron chi connectivity index (χ0n) is 14.3. The summed E-state index contributed by atoms with van der Waals surface area (Å²) in [5.74, 6) is 0.242. The van der Waals surface area contributed by atoms with E-state index >= 15 is 0 Å². The lowest BCUT2D eigenvalue weighted by Crippen LogP contribution is -2.31. The van der Waals surface area contributed by atoms with Crippen LogP contribution in [0.25, 0.3) is 5.65 Å². The van der Waals surface area contributed by atoms with E-state index in [1.807, 2.05) is 10.7 Å². The predicted molar refractivity (Wildman–Crippen MR) is 92.3 cm³/mol. The van der Waals surface area contributed by atoms with Gasteiger partial charge in [0.1, 0.15) is 6.10 Å². The SMILES string of the molecule is O=C(c1cc2ncccn2n1)N1CCCn2nc([C@@H](O)C3CC3)cc2C1. The Balaban J connectivity index is 1.40. The van der Waals surface area contributed by atoms with Crippen molar-refractivity contribution >= 4 is 11.6 Å². The van der Waals surface area contributed by atoms with Crippen molar-refractivity contribution in [3.8, 4) is 0 Å². The summed E-state index contributed by atoms with van der Waals surface area (Å²) >= 11 is 0. The molecule has 1 atom stereocenters. The van der Waals surface area contributed by atoms with E-state index in [0.29, 0.717) is 30.3 Å². The van der Waals surface area contributed by atoms with Crippen molar-refractivity contribution < 1.29 is 9.90 Å². The molecule has 1 saturated carbocycles. The second-order valence-corrected chi connectivity index (χ2v) is 7.10. The number of aliphatic hydroxyl groups excluding tert-OH is 1. The minimum atomic E-state index is -0.483. The van der Waals surface area contributed by atoms with E-state index in [-0.39, 0.29) is 5.91 Å². The van der Waals surface area contributed by atoms with Crippen molar-refractivity contribution in [1.82, 2.24) is 29.3 Å². The second-order valence-electron chi connectivity index (χ2n) is 7.10. The lowest BCUT2D eigenvalue weighted by Gasteiger charge is -2.18. The summed E-state index contributed by atoms with van der Waals surface area (Å²) in [4.78, 5) is 19.0. The number of carbonyl (C=O) groups is 1. The van der Waals surface area contributed by atoms with Crippen molar-refractivity contribution in [3.05, 3.63) is 47.7 Å². The summed E-state index contributed by atoms with van der Waals surface area (Å²) in [7, 11) is 0. The average molecular weight is 352 g/mol. The van der Waals surface area contributed by atoms with Crippen molar-refractivity contribution in [1.29, 1.82) is 0 Å². The van der Waals surface area contributed by atoms with Crippen LogP contribution >= 0.6 is 0 Å². The number of rotatable bonds is 3. The Bertz CT molecular complexity index is 940. The number of aromatic nitrogens is 5. The van der Waals surface area contributed by atoms with Crippen LogP contribution in [-0.2, 0) is 13.1 Å². The molecule has 3 aromatic rings. The van der Waals surface area contributed by atoms with Crippen molar-refractivity contribution in [2.24, 2.45) is 5.92 Å². The standard InChI is InChI=1S/C18H20N6O2/c25-17(12-3-4-12)14-9-13-11-22(6-2-8-23(13)20-14)18(26)15-10-16-19-5-1-7-24(16)21-15/h1,5,7,9-10,12,17,25H,2-4,6,8,11H2/t17-/m0/s1. The zero-order valence-corrected chi connectivity index (χ0v) is 14.3. The molecule has 0 bridgehead atoms. The summed E-state index contributed by atoms with van der Waals surface area (Å²) in [5.41, 5.74) is 2.75. The van der Waals surface area contributed by atoms with Crippen molar-refractivity contribution in [2.75, 3.05) is 6.54 Å². The minimum absolute atomic E-state index is 0.102. The van der Waals surface area contributed by atoms with E-state index in [2.05, 4.69) is 15.2 Å². The molecule has 1 aliphatic carbocycles. The summed E-state index contributed by atoms with van der Waals surface area (Å²) in [6, 6.07) is 5.44. The number of carbonyl (C=O) groups excluding carboxylic acids is 1. The van der Waals surface area contributed by atoms with E-state index in [1.165, 1.54) is 0 Å². The van der Waals surface area contributed by atoms with Gasteiger partial charge in [-0.05, 0) is 37.3 Å². The lowest BCUT2D eigenvalue weighted by atomic mass is 10.1. The smallest absolute Gasteiger partial charge is 0.274 e.